The molecular formula is C13H20IN3O2. The maximum absolute atomic E-state index is 11.2. The molecule has 0 bridgehead atoms. The molecule has 6 heteroatoms. The number of aliphatic imine (C=N–C) groups is 1. The number of hydrogen-bond donors (Lipinski definition) is 2. The Bertz CT molecular complexity index is 418. The number of rotatable bonds is 5. The number of nitrogens with one attached hydrogen (secondary N) is 1. The van der Waals surface area contributed by atoms with Gasteiger partial charge < -0.3 is 15.8 Å². The van der Waals surface area contributed by atoms with E-state index in [1.54, 1.807) is 12.1 Å². The molecule has 0 unspecified atom stereocenters. The van der Waals surface area contributed by atoms with Crippen LogP contribution in [0.5, 0.6) is 0 Å². The summed E-state index contributed by atoms with van der Waals surface area (Å²) in [6, 6.07) is 7.10. The standard InChI is InChI=1S/C13H19N3O2.HI/c1-3-8-15-13(14)16-9-10-4-6-11(7-5-10)12(17)18-2;/h4-7H,3,8-9H2,1-2H3,(H3,14,15,16);1H. The fraction of sp³-hybridized carbons (Fsp3) is 0.385. The van der Waals surface area contributed by atoms with Crippen LogP contribution in [0.25, 0.3) is 0 Å². The molecule has 0 aliphatic heterocycles. The van der Waals surface area contributed by atoms with Crippen LogP contribution in [0.2, 0.25) is 0 Å². The molecule has 0 saturated carbocycles. The summed E-state index contributed by atoms with van der Waals surface area (Å²) in [5, 5.41) is 2.99. The first-order chi connectivity index (χ1) is 8.67. The van der Waals surface area contributed by atoms with Gasteiger partial charge in [0.15, 0.2) is 5.96 Å². The van der Waals surface area contributed by atoms with Gasteiger partial charge in [-0.05, 0) is 24.1 Å². The Morgan fingerprint density at radius 3 is 2.53 bits per heavy atom. The minimum Gasteiger partial charge on any atom is -0.465 e. The number of halogens is 1. The summed E-state index contributed by atoms with van der Waals surface area (Å²) in [6.45, 7) is 3.37. The first kappa shape index (κ1) is 17.7. The van der Waals surface area contributed by atoms with Crippen LogP contribution < -0.4 is 11.1 Å². The van der Waals surface area contributed by atoms with Crippen LogP contribution >= 0.6 is 24.0 Å². The minimum absolute atomic E-state index is 0. The average molecular weight is 377 g/mol. The van der Waals surface area contributed by atoms with Crippen molar-refractivity contribution in [1.29, 1.82) is 0 Å². The Kier molecular flexibility index (Phi) is 8.94. The highest BCUT2D eigenvalue weighted by atomic mass is 127. The Hall–Kier alpha value is -1.31. The van der Waals surface area contributed by atoms with Crippen LogP contribution in [0.3, 0.4) is 0 Å². The average Bonchev–Trinajstić information content (AvgIpc) is 2.42. The highest BCUT2D eigenvalue weighted by molar-refractivity contribution is 14.0. The topological polar surface area (TPSA) is 76.7 Å². The van der Waals surface area contributed by atoms with Gasteiger partial charge in [0.05, 0.1) is 19.2 Å². The van der Waals surface area contributed by atoms with E-state index in [0.29, 0.717) is 18.1 Å². The molecule has 0 amide bonds. The van der Waals surface area contributed by atoms with Crippen molar-refractivity contribution in [3.8, 4) is 0 Å². The summed E-state index contributed by atoms with van der Waals surface area (Å²) in [5.74, 6) is 0.100. The zero-order valence-electron chi connectivity index (χ0n) is 11.2. The van der Waals surface area contributed by atoms with E-state index in [9.17, 15) is 4.79 Å². The van der Waals surface area contributed by atoms with Gasteiger partial charge in [-0.3, -0.25) is 0 Å². The molecule has 1 aromatic carbocycles. The quantitative estimate of drug-likeness (QED) is 0.356. The molecule has 0 aliphatic carbocycles. The number of hydrogen-bond acceptors (Lipinski definition) is 3. The second kappa shape index (κ2) is 9.60. The predicted octanol–water partition coefficient (Wildman–Crippen LogP) is 1.91. The van der Waals surface area contributed by atoms with Crippen LogP contribution in [0.1, 0.15) is 29.3 Å². The fourth-order valence-electron chi connectivity index (χ4n) is 1.35. The number of ether oxygens (including phenoxy) is 1. The molecular weight excluding hydrogens is 357 g/mol. The minimum atomic E-state index is -0.339. The summed E-state index contributed by atoms with van der Waals surface area (Å²) in [6.07, 6.45) is 1.00. The van der Waals surface area contributed by atoms with E-state index < -0.39 is 0 Å². The molecule has 3 N–H and O–H groups in total. The van der Waals surface area contributed by atoms with Gasteiger partial charge in [-0.15, -0.1) is 24.0 Å². The van der Waals surface area contributed by atoms with Gasteiger partial charge in [-0.2, -0.15) is 0 Å². The molecule has 0 aliphatic rings. The van der Waals surface area contributed by atoms with E-state index in [0.717, 1.165) is 18.5 Å². The van der Waals surface area contributed by atoms with E-state index in [2.05, 4.69) is 22.0 Å². The Labute approximate surface area is 130 Å². The lowest BCUT2D eigenvalue weighted by atomic mass is 10.1. The van der Waals surface area contributed by atoms with Crippen molar-refractivity contribution >= 4 is 35.9 Å². The van der Waals surface area contributed by atoms with Gasteiger partial charge in [0.2, 0.25) is 0 Å². The monoisotopic (exact) mass is 377 g/mol. The van der Waals surface area contributed by atoms with Crippen LogP contribution in [0.4, 0.5) is 0 Å². The molecule has 5 nitrogen and oxygen atoms in total. The van der Waals surface area contributed by atoms with Crippen molar-refractivity contribution in [2.24, 2.45) is 10.7 Å². The third-order valence-corrected chi connectivity index (χ3v) is 2.36. The molecule has 0 saturated heterocycles. The number of benzene rings is 1. The Morgan fingerprint density at radius 1 is 1.37 bits per heavy atom. The number of methoxy groups -OCH3 is 1. The molecule has 1 rings (SSSR count). The lowest BCUT2D eigenvalue weighted by Crippen LogP contribution is -2.32. The highest BCUT2D eigenvalue weighted by Gasteiger charge is 2.03. The molecule has 0 spiro atoms. The molecule has 0 fully saturated rings. The number of carbonyl (C=O) groups is 1. The summed E-state index contributed by atoms with van der Waals surface area (Å²) < 4.78 is 4.62. The lowest BCUT2D eigenvalue weighted by Gasteiger charge is -2.04. The molecule has 1 aromatic rings. The maximum atomic E-state index is 11.2. The van der Waals surface area contributed by atoms with E-state index in [4.69, 9.17) is 5.73 Å². The number of esters is 1. The summed E-state index contributed by atoms with van der Waals surface area (Å²) in [4.78, 5) is 15.4. The number of nitrogens with two attached hydrogens (primary N) is 1. The predicted molar refractivity (Wildman–Crippen MR) is 86.8 cm³/mol. The van der Waals surface area contributed by atoms with Crippen LogP contribution in [0, 0.1) is 0 Å². The van der Waals surface area contributed by atoms with E-state index >= 15 is 0 Å². The van der Waals surface area contributed by atoms with Gasteiger partial charge in [0.25, 0.3) is 0 Å². The smallest absolute Gasteiger partial charge is 0.337 e. The molecule has 106 valence electrons. The zero-order valence-corrected chi connectivity index (χ0v) is 13.5. The summed E-state index contributed by atoms with van der Waals surface area (Å²) >= 11 is 0. The van der Waals surface area contributed by atoms with Crippen molar-refractivity contribution in [1.82, 2.24) is 5.32 Å². The third kappa shape index (κ3) is 6.42. The third-order valence-electron chi connectivity index (χ3n) is 2.36. The first-order valence-corrected chi connectivity index (χ1v) is 5.88. The summed E-state index contributed by atoms with van der Waals surface area (Å²) in [7, 11) is 1.36. The van der Waals surface area contributed by atoms with Crippen molar-refractivity contribution < 1.29 is 9.53 Å². The maximum Gasteiger partial charge on any atom is 0.337 e. The van der Waals surface area contributed by atoms with Crippen molar-refractivity contribution in [2.45, 2.75) is 19.9 Å². The molecule has 0 aromatic heterocycles. The van der Waals surface area contributed by atoms with Crippen LogP contribution in [0.15, 0.2) is 29.3 Å². The largest absolute Gasteiger partial charge is 0.465 e. The zero-order chi connectivity index (χ0) is 13.4. The molecule has 0 atom stereocenters. The number of carbonyl (C=O) groups excluding carboxylic acids is 1. The van der Waals surface area contributed by atoms with E-state index in [1.807, 2.05) is 12.1 Å². The van der Waals surface area contributed by atoms with Gasteiger partial charge in [-0.1, -0.05) is 19.1 Å². The Morgan fingerprint density at radius 2 is 2.00 bits per heavy atom. The fourth-order valence-corrected chi connectivity index (χ4v) is 1.35. The second-order valence-corrected chi connectivity index (χ2v) is 3.82. The number of nitrogens with zero attached hydrogens (tertiary/aromatic N) is 1. The van der Waals surface area contributed by atoms with E-state index in [1.165, 1.54) is 7.11 Å². The first-order valence-electron chi connectivity index (χ1n) is 5.88. The van der Waals surface area contributed by atoms with Gasteiger partial charge >= 0.3 is 5.97 Å². The van der Waals surface area contributed by atoms with E-state index in [-0.39, 0.29) is 29.9 Å². The second-order valence-electron chi connectivity index (χ2n) is 3.82. The molecule has 19 heavy (non-hydrogen) atoms. The van der Waals surface area contributed by atoms with Crippen LogP contribution in [-0.2, 0) is 11.3 Å². The SMILES string of the molecule is CCCNC(N)=NCc1ccc(C(=O)OC)cc1.I. The normalized spacial score (nSPS) is 10.5. The van der Waals surface area contributed by atoms with Crippen LogP contribution in [-0.4, -0.2) is 25.6 Å². The lowest BCUT2D eigenvalue weighted by molar-refractivity contribution is 0.0600. The van der Waals surface area contributed by atoms with Crippen molar-refractivity contribution in [3.63, 3.8) is 0 Å². The summed E-state index contributed by atoms with van der Waals surface area (Å²) in [5.41, 5.74) is 7.19. The molecule has 0 radical (unpaired) electrons. The van der Waals surface area contributed by atoms with Gasteiger partial charge in [-0.25, -0.2) is 9.79 Å². The van der Waals surface area contributed by atoms with Crippen molar-refractivity contribution in [3.05, 3.63) is 35.4 Å². The molecule has 0 heterocycles. The highest BCUT2D eigenvalue weighted by Crippen LogP contribution is 2.06. The van der Waals surface area contributed by atoms with Crippen molar-refractivity contribution in [2.75, 3.05) is 13.7 Å². The Balaban J connectivity index is 0.00000324. The van der Waals surface area contributed by atoms with Gasteiger partial charge in [0.1, 0.15) is 0 Å². The van der Waals surface area contributed by atoms with Gasteiger partial charge in [0, 0.05) is 6.54 Å². The number of guanidine groups is 1.